The van der Waals surface area contributed by atoms with Crippen molar-refractivity contribution in [3.05, 3.63) is 0 Å². The molecule has 0 bridgehead atoms. The molecule has 4 heteroatoms. The Labute approximate surface area is 97.2 Å². The summed E-state index contributed by atoms with van der Waals surface area (Å²) in [6.45, 7) is 6.21. The van der Waals surface area contributed by atoms with Crippen LogP contribution in [-0.4, -0.2) is 35.2 Å². The highest BCUT2D eigenvalue weighted by Crippen LogP contribution is 2.20. The van der Waals surface area contributed by atoms with E-state index < -0.39 is 6.04 Å². The molecule has 3 atom stereocenters. The summed E-state index contributed by atoms with van der Waals surface area (Å²) >= 11 is 0. The standard InChI is InChI=1S/C12H22N2O2/c1-4-8(2)11(13)12(16)14-7-5-6-10(14)9(3)15/h8,10-11H,4-7,13H2,1-3H3. The zero-order valence-corrected chi connectivity index (χ0v) is 10.4. The Balaban J connectivity index is 2.69. The van der Waals surface area contributed by atoms with Crippen molar-refractivity contribution in [2.75, 3.05) is 6.54 Å². The molecule has 16 heavy (non-hydrogen) atoms. The van der Waals surface area contributed by atoms with Crippen molar-refractivity contribution in [1.82, 2.24) is 4.90 Å². The molecular weight excluding hydrogens is 204 g/mol. The van der Waals surface area contributed by atoms with E-state index in [1.54, 1.807) is 11.8 Å². The van der Waals surface area contributed by atoms with Crippen LogP contribution in [0.4, 0.5) is 0 Å². The Kier molecular flexibility index (Phi) is 4.47. The van der Waals surface area contributed by atoms with Gasteiger partial charge in [0, 0.05) is 6.54 Å². The second kappa shape index (κ2) is 5.43. The van der Waals surface area contributed by atoms with E-state index in [0.717, 1.165) is 19.3 Å². The second-order valence-electron chi connectivity index (χ2n) is 4.71. The van der Waals surface area contributed by atoms with E-state index in [1.165, 1.54) is 0 Å². The predicted octanol–water partition coefficient (Wildman–Crippen LogP) is 0.940. The summed E-state index contributed by atoms with van der Waals surface area (Å²) in [6, 6.07) is -0.701. The molecule has 0 spiro atoms. The summed E-state index contributed by atoms with van der Waals surface area (Å²) in [5.41, 5.74) is 5.91. The van der Waals surface area contributed by atoms with Crippen molar-refractivity contribution in [2.45, 2.75) is 52.1 Å². The van der Waals surface area contributed by atoms with Crippen molar-refractivity contribution in [3.63, 3.8) is 0 Å². The molecule has 1 amide bonds. The summed E-state index contributed by atoms with van der Waals surface area (Å²) in [5.74, 6) is 0.176. The Morgan fingerprint density at radius 3 is 2.62 bits per heavy atom. The van der Waals surface area contributed by atoms with E-state index >= 15 is 0 Å². The highest BCUT2D eigenvalue weighted by atomic mass is 16.2. The minimum Gasteiger partial charge on any atom is -0.331 e. The molecule has 4 nitrogen and oxygen atoms in total. The molecule has 1 aliphatic rings. The van der Waals surface area contributed by atoms with Crippen molar-refractivity contribution < 1.29 is 9.59 Å². The molecule has 0 aromatic carbocycles. The normalized spacial score (nSPS) is 24.2. The van der Waals surface area contributed by atoms with Gasteiger partial charge in [-0.25, -0.2) is 0 Å². The van der Waals surface area contributed by atoms with Gasteiger partial charge in [-0.3, -0.25) is 9.59 Å². The zero-order chi connectivity index (χ0) is 12.3. The third-order valence-corrected chi connectivity index (χ3v) is 3.55. The van der Waals surface area contributed by atoms with Crippen LogP contribution < -0.4 is 5.73 Å². The summed E-state index contributed by atoms with van der Waals surface area (Å²) in [7, 11) is 0. The summed E-state index contributed by atoms with van der Waals surface area (Å²) in [4.78, 5) is 25.2. The summed E-state index contributed by atoms with van der Waals surface area (Å²) < 4.78 is 0. The second-order valence-corrected chi connectivity index (χ2v) is 4.71. The van der Waals surface area contributed by atoms with Gasteiger partial charge in [0.2, 0.25) is 5.91 Å². The van der Waals surface area contributed by atoms with Gasteiger partial charge in [-0.05, 0) is 25.7 Å². The topological polar surface area (TPSA) is 63.4 Å². The monoisotopic (exact) mass is 226 g/mol. The van der Waals surface area contributed by atoms with E-state index in [9.17, 15) is 9.59 Å². The highest BCUT2D eigenvalue weighted by molar-refractivity contribution is 5.90. The Hall–Kier alpha value is -0.900. The van der Waals surface area contributed by atoms with E-state index in [2.05, 4.69) is 0 Å². The van der Waals surface area contributed by atoms with Crippen LogP contribution in [0.25, 0.3) is 0 Å². The fourth-order valence-corrected chi connectivity index (χ4v) is 2.14. The third-order valence-electron chi connectivity index (χ3n) is 3.55. The predicted molar refractivity (Wildman–Crippen MR) is 62.8 cm³/mol. The number of hydrogen-bond donors (Lipinski definition) is 1. The van der Waals surface area contributed by atoms with Gasteiger partial charge in [-0.15, -0.1) is 0 Å². The first kappa shape index (κ1) is 13.2. The van der Waals surface area contributed by atoms with Gasteiger partial charge in [0.1, 0.15) is 0 Å². The molecule has 0 radical (unpaired) electrons. The Bertz CT molecular complexity index is 278. The third kappa shape index (κ3) is 2.61. The number of ketones is 1. The number of carbonyl (C=O) groups is 2. The summed E-state index contributed by atoms with van der Waals surface area (Å²) in [6.07, 6.45) is 2.57. The van der Waals surface area contributed by atoms with Crippen LogP contribution in [0.15, 0.2) is 0 Å². The first-order valence-electron chi connectivity index (χ1n) is 6.05. The largest absolute Gasteiger partial charge is 0.331 e. The van der Waals surface area contributed by atoms with Gasteiger partial charge >= 0.3 is 0 Å². The van der Waals surface area contributed by atoms with E-state index in [1.807, 2.05) is 13.8 Å². The molecule has 1 heterocycles. The average molecular weight is 226 g/mol. The minimum absolute atomic E-state index is 0.0629. The molecular formula is C12H22N2O2. The van der Waals surface area contributed by atoms with Crippen LogP contribution in [0.3, 0.4) is 0 Å². The molecule has 92 valence electrons. The Morgan fingerprint density at radius 2 is 2.12 bits per heavy atom. The van der Waals surface area contributed by atoms with Crippen LogP contribution in [-0.2, 0) is 9.59 Å². The number of hydrogen-bond acceptors (Lipinski definition) is 3. The molecule has 1 rings (SSSR count). The number of nitrogens with zero attached hydrogens (tertiary/aromatic N) is 1. The molecule has 1 saturated heterocycles. The maximum atomic E-state index is 12.1. The number of likely N-dealkylation sites (tertiary alicyclic amines) is 1. The van der Waals surface area contributed by atoms with Gasteiger partial charge in [0.15, 0.2) is 5.78 Å². The minimum atomic E-state index is -0.468. The smallest absolute Gasteiger partial charge is 0.240 e. The van der Waals surface area contributed by atoms with Gasteiger partial charge in [0.25, 0.3) is 0 Å². The van der Waals surface area contributed by atoms with Gasteiger partial charge in [-0.1, -0.05) is 20.3 Å². The lowest BCUT2D eigenvalue weighted by Crippen LogP contribution is -2.50. The zero-order valence-electron chi connectivity index (χ0n) is 10.4. The fourth-order valence-electron chi connectivity index (χ4n) is 2.14. The van der Waals surface area contributed by atoms with E-state index in [4.69, 9.17) is 5.73 Å². The SMILES string of the molecule is CCC(C)C(N)C(=O)N1CCCC1C(C)=O. The van der Waals surface area contributed by atoms with Crippen LogP contribution in [0.5, 0.6) is 0 Å². The Morgan fingerprint density at radius 1 is 1.50 bits per heavy atom. The number of Topliss-reactive ketones (excluding diaryl/α,β-unsaturated/α-hetero) is 1. The van der Waals surface area contributed by atoms with Crippen LogP contribution in [0.2, 0.25) is 0 Å². The van der Waals surface area contributed by atoms with Crippen LogP contribution in [0, 0.1) is 5.92 Å². The first-order chi connectivity index (χ1) is 7.49. The average Bonchev–Trinajstić information content (AvgIpc) is 2.74. The van der Waals surface area contributed by atoms with Gasteiger partial charge in [0.05, 0.1) is 12.1 Å². The lowest BCUT2D eigenvalue weighted by atomic mass is 9.98. The van der Waals surface area contributed by atoms with Crippen molar-refractivity contribution in [3.8, 4) is 0 Å². The number of amides is 1. The quantitative estimate of drug-likeness (QED) is 0.776. The van der Waals surface area contributed by atoms with E-state index in [0.29, 0.717) is 6.54 Å². The fraction of sp³-hybridized carbons (Fsp3) is 0.833. The molecule has 1 aliphatic heterocycles. The molecule has 0 aromatic heterocycles. The number of rotatable bonds is 4. The van der Waals surface area contributed by atoms with Crippen molar-refractivity contribution >= 4 is 11.7 Å². The lowest BCUT2D eigenvalue weighted by molar-refractivity contribution is -0.138. The maximum Gasteiger partial charge on any atom is 0.240 e. The van der Waals surface area contributed by atoms with Crippen LogP contribution in [0.1, 0.15) is 40.0 Å². The highest BCUT2D eigenvalue weighted by Gasteiger charge is 2.35. The molecule has 0 saturated carbocycles. The van der Waals surface area contributed by atoms with E-state index in [-0.39, 0.29) is 23.7 Å². The molecule has 3 unspecified atom stereocenters. The van der Waals surface area contributed by atoms with Crippen molar-refractivity contribution in [1.29, 1.82) is 0 Å². The molecule has 0 aromatic rings. The molecule has 0 aliphatic carbocycles. The lowest BCUT2D eigenvalue weighted by Gasteiger charge is -2.28. The van der Waals surface area contributed by atoms with Gasteiger partial charge < -0.3 is 10.6 Å². The first-order valence-corrected chi connectivity index (χ1v) is 6.05. The van der Waals surface area contributed by atoms with Gasteiger partial charge in [-0.2, -0.15) is 0 Å². The summed E-state index contributed by atoms with van der Waals surface area (Å²) in [5, 5.41) is 0. The molecule has 1 fully saturated rings. The number of nitrogens with two attached hydrogens (primary N) is 1. The van der Waals surface area contributed by atoms with Crippen molar-refractivity contribution in [2.24, 2.45) is 11.7 Å². The molecule has 2 N–H and O–H groups in total. The maximum absolute atomic E-state index is 12.1. The number of carbonyl (C=O) groups excluding carboxylic acids is 2. The van der Waals surface area contributed by atoms with Crippen LogP contribution >= 0.6 is 0 Å².